The molecule has 0 saturated carbocycles. The highest BCUT2D eigenvalue weighted by molar-refractivity contribution is 14.1. The lowest BCUT2D eigenvalue weighted by atomic mass is 10.1. The number of aromatic carboxylic acids is 6. The maximum absolute atomic E-state index is 12.0. The van der Waals surface area contributed by atoms with Crippen LogP contribution < -0.4 is 5.43 Å². The molecule has 0 spiro atoms. The number of esters is 10. The van der Waals surface area contributed by atoms with Gasteiger partial charge < -0.3 is 83.0 Å². The van der Waals surface area contributed by atoms with Crippen LogP contribution in [0.15, 0.2) is 138 Å². The zero-order valence-electron chi connectivity index (χ0n) is 75.5. The molecule has 0 aliphatic carbocycles. The van der Waals surface area contributed by atoms with Crippen molar-refractivity contribution in [2.75, 3.05) is 66.1 Å². The number of nitrogens with zero attached hydrogens (tertiary/aromatic N) is 6. The molecule has 0 unspecified atom stereocenters. The molecule has 2 aromatic carbocycles. The first kappa shape index (κ1) is 114. The first-order chi connectivity index (χ1) is 64.8. The number of ether oxygens (including phenoxy) is 10. The molecule has 0 aliphatic rings. The van der Waals surface area contributed by atoms with Crippen LogP contribution >= 0.6 is 34.2 Å². The van der Waals surface area contributed by atoms with Crippen LogP contribution in [0.2, 0.25) is 24.7 Å². The number of pyridine rings is 7. The number of halogens is 2. The molecule has 716 valence electrons. The minimum atomic E-state index is -1.57. The van der Waals surface area contributed by atoms with Gasteiger partial charge >= 0.3 is 95.5 Å². The van der Waals surface area contributed by atoms with Crippen molar-refractivity contribution in [3.63, 3.8) is 0 Å². The number of aromatic nitrogens is 7. The van der Waals surface area contributed by atoms with Crippen LogP contribution in [0.25, 0.3) is 0 Å². The third-order valence-corrected chi connectivity index (χ3v) is 16.9. The van der Waals surface area contributed by atoms with Gasteiger partial charge in [0.15, 0.2) is 51.0 Å². The molecular formula is C94H89ClIN7O33Si. The van der Waals surface area contributed by atoms with Crippen molar-refractivity contribution < 1.29 is 155 Å². The number of benzene rings is 2. The number of carboxylic acid groups (broad SMARTS) is 6. The second-order valence-electron chi connectivity index (χ2n) is 26.6. The van der Waals surface area contributed by atoms with E-state index in [9.17, 15) is 81.5 Å². The molecule has 137 heavy (non-hydrogen) atoms. The number of H-pyrrole nitrogens is 1. The van der Waals surface area contributed by atoms with Crippen LogP contribution in [-0.4, -0.2) is 235 Å². The Kier molecular flexibility index (Phi) is 49.2. The molecule has 0 saturated heterocycles. The molecule has 0 fully saturated rings. The Hall–Kier alpha value is -16.7. The number of carboxylic acids is 6. The van der Waals surface area contributed by atoms with Gasteiger partial charge in [-0.05, 0) is 213 Å². The van der Waals surface area contributed by atoms with Gasteiger partial charge in [0.1, 0.15) is 42.2 Å². The highest BCUT2D eigenvalue weighted by Crippen LogP contribution is 2.19. The predicted molar refractivity (Wildman–Crippen MR) is 495 cm³/mol. The highest BCUT2D eigenvalue weighted by atomic mass is 127. The Labute approximate surface area is 801 Å². The standard InChI is InChI=1S/C20H17NO6.C16H9NO6.C16H21NO4Si.C13H13NO4.C11H12ClNO4.C11H12INO4.C7H5NO5/c1-3-26-19(24)16-11-14(12-17(21-16)20(25)27-4-2)6-5-13-7-9-15(10-8-13)18(22)23;18-14(19)11-5-3-9(4-6-11)1-2-10-7-12(15(20)21)17-13(8-10)16(22)23;1-6-20-15(18)13-10-12(8-9-22(3,4)5)11-14(17-13)16(19)21-7-2;1-4-9-7-10(12(15)17-5-2)14-11(8-9)13(16)18-6-3;2*1-3-16-10(14)8-5-7(12)6-9(13-8)11(15)17-4-2;9-3-1-4(6(10)11)8-5(2-3)7(12)13/h7-12H,3-4H2,1-2H3,(H,22,23);3-8H,(H,18,19)(H,20,21)(H,22,23);10-11H,6-7H2,1-5H3;1,7-8H,5-6H2,2-3H3;2*5-6H,3-4H2,1-2H3;1-2H,(H,8,9)(H,10,11)(H,12,13). The summed E-state index contributed by atoms with van der Waals surface area (Å²) in [5.41, 5.74) is 3.85. The minimum Gasteiger partial charge on any atom is -0.478 e. The van der Waals surface area contributed by atoms with E-state index >= 15 is 0 Å². The van der Waals surface area contributed by atoms with Crippen LogP contribution in [0, 0.1) is 51.1 Å². The van der Waals surface area contributed by atoms with Crippen LogP contribution in [-0.2, 0) is 47.4 Å². The summed E-state index contributed by atoms with van der Waals surface area (Å²) >= 11 is 7.78. The quantitative estimate of drug-likeness (QED) is 0.00870. The predicted octanol–water partition coefficient (Wildman–Crippen LogP) is 12.1. The van der Waals surface area contributed by atoms with Crippen molar-refractivity contribution >= 4 is 138 Å². The maximum Gasteiger partial charge on any atom is 0.356 e. The SMILES string of the molecule is C#Cc1cc(C(=O)OCC)nc(C(=O)OCC)c1.CCOC(=O)c1cc(C#C[Si](C)(C)C)cc(C(=O)OCC)n1.CCOC(=O)c1cc(C#Cc2ccc(C(=O)O)cc2)cc(C(=O)OCC)n1.CCOC(=O)c1cc(Cl)cc(C(=O)OCC)n1.CCOC(=O)c1cc(I)cc(C(=O)OCC)n1.O=C(O)c1cc(=O)cc(C(=O)O)[nH]1.O=C(O)c1ccc(C#Cc2cc(C(=O)O)nc(C(=O)O)c2)cc1. The van der Waals surface area contributed by atoms with E-state index in [0.29, 0.717) is 27.8 Å². The second-order valence-corrected chi connectivity index (χ2v) is 33.0. The number of hydrogen-bond donors (Lipinski definition) is 7. The highest BCUT2D eigenvalue weighted by Gasteiger charge is 2.23. The van der Waals surface area contributed by atoms with Crippen LogP contribution in [0.3, 0.4) is 0 Å². The van der Waals surface area contributed by atoms with Gasteiger partial charge in [0, 0.05) is 54.1 Å². The summed E-state index contributed by atoms with van der Waals surface area (Å²) in [6, 6.07) is 30.2. The summed E-state index contributed by atoms with van der Waals surface area (Å²) in [6.07, 6.45) is 5.25. The van der Waals surface area contributed by atoms with E-state index in [0.717, 1.165) is 27.8 Å². The number of rotatable bonds is 26. The number of terminal acetylenes is 1. The molecule has 9 aromatic rings. The van der Waals surface area contributed by atoms with Crippen molar-refractivity contribution in [3.05, 3.63) is 276 Å². The smallest absolute Gasteiger partial charge is 0.356 e. The van der Waals surface area contributed by atoms with Crippen LogP contribution in [0.1, 0.15) is 270 Å². The summed E-state index contributed by atoms with van der Waals surface area (Å²) in [5.74, 6) is 2.74. The summed E-state index contributed by atoms with van der Waals surface area (Å²) in [5, 5.41) is 52.7. The number of hydrogen-bond acceptors (Lipinski definition) is 33. The minimum absolute atomic E-state index is 0.00430. The third-order valence-electron chi connectivity index (χ3n) is 15.2. The fourth-order valence-corrected chi connectivity index (χ4v) is 10.8. The van der Waals surface area contributed by atoms with Crippen molar-refractivity contribution in [3.8, 4) is 47.5 Å². The molecule has 0 atom stereocenters. The summed E-state index contributed by atoms with van der Waals surface area (Å²) < 4.78 is 49.2. The van der Waals surface area contributed by atoms with Gasteiger partial charge in [-0.2, -0.15) is 0 Å². The first-order valence-electron chi connectivity index (χ1n) is 40.4. The zero-order chi connectivity index (χ0) is 103. The summed E-state index contributed by atoms with van der Waals surface area (Å²) in [6.45, 7) is 25.4. The van der Waals surface area contributed by atoms with E-state index in [1.54, 1.807) is 93.5 Å². The lowest BCUT2D eigenvalue weighted by molar-refractivity contribution is 0.0492. The Balaban J connectivity index is 0.000000416. The molecule has 7 aromatic heterocycles. The normalized spacial score (nSPS) is 9.77. The molecule has 7 heterocycles. The zero-order valence-corrected chi connectivity index (χ0v) is 79.4. The Morgan fingerprint density at radius 3 is 0.737 bits per heavy atom. The molecule has 0 aliphatic heterocycles. The topological polar surface area (TPSA) is 597 Å². The first-order valence-corrected chi connectivity index (χ1v) is 45.3. The van der Waals surface area contributed by atoms with E-state index in [4.69, 9.17) is 96.0 Å². The number of aromatic amines is 1. The monoisotopic (exact) mass is 2030 g/mol. The van der Waals surface area contributed by atoms with Gasteiger partial charge in [-0.15, -0.1) is 12.0 Å². The van der Waals surface area contributed by atoms with Gasteiger partial charge in [0.05, 0.1) is 77.2 Å². The van der Waals surface area contributed by atoms with Crippen molar-refractivity contribution in [1.82, 2.24) is 34.9 Å². The Bertz CT molecular complexity index is 5940. The van der Waals surface area contributed by atoms with Gasteiger partial charge in [-0.1, -0.05) is 66.8 Å². The van der Waals surface area contributed by atoms with Crippen LogP contribution in [0.5, 0.6) is 0 Å². The fraction of sp³-hybridized carbons (Fsp3) is 0.245. The number of nitrogens with one attached hydrogen (secondary N) is 1. The molecule has 0 amide bonds. The maximum atomic E-state index is 12.0. The van der Waals surface area contributed by atoms with E-state index in [1.807, 2.05) is 22.6 Å². The van der Waals surface area contributed by atoms with Gasteiger partial charge in [-0.25, -0.2) is 107 Å². The van der Waals surface area contributed by atoms with E-state index < -0.39 is 132 Å². The van der Waals surface area contributed by atoms with Gasteiger partial charge in [0.2, 0.25) is 0 Å². The molecule has 0 bridgehead atoms. The molecule has 0 radical (unpaired) electrons. The average molecular weight is 2040 g/mol. The van der Waals surface area contributed by atoms with E-state index in [2.05, 4.69) is 95.6 Å². The summed E-state index contributed by atoms with van der Waals surface area (Å²) in [7, 11) is -1.57. The van der Waals surface area contributed by atoms with Gasteiger partial charge in [0.25, 0.3) is 0 Å². The average Bonchev–Trinajstić information content (AvgIpc) is 0.790. The fourth-order valence-electron chi connectivity index (χ4n) is 9.45. The van der Waals surface area contributed by atoms with Crippen LogP contribution in [0.4, 0.5) is 0 Å². The Morgan fingerprint density at radius 1 is 0.307 bits per heavy atom. The van der Waals surface area contributed by atoms with Gasteiger partial charge in [-0.3, -0.25) is 4.79 Å². The molecular weight excluding hydrogens is 1950 g/mol. The van der Waals surface area contributed by atoms with Crippen molar-refractivity contribution in [1.29, 1.82) is 0 Å². The number of carbonyl (C=O) groups is 16. The van der Waals surface area contributed by atoms with E-state index in [1.165, 1.54) is 84.9 Å². The third kappa shape index (κ3) is 41.3. The summed E-state index contributed by atoms with van der Waals surface area (Å²) in [4.78, 5) is 217. The molecule has 9 rings (SSSR count). The van der Waals surface area contributed by atoms with E-state index in [-0.39, 0.29) is 145 Å². The van der Waals surface area contributed by atoms with Crippen molar-refractivity contribution in [2.45, 2.75) is 88.9 Å². The molecule has 7 N–H and O–H groups in total. The van der Waals surface area contributed by atoms with Crippen molar-refractivity contribution in [2.24, 2.45) is 0 Å². The Morgan fingerprint density at radius 2 is 0.518 bits per heavy atom. The lowest BCUT2D eigenvalue weighted by Crippen LogP contribution is -2.16. The number of carbonyl (C=O) groups excluding carboxylic acids is 10. The molecule has 43 heteroatoms. The largest absolute Gasteiger partial charge is 0.478 e. The molecule has 40 nitrogen and oxygen atoms in total. The lowest BCUT2D eigenvalue weighted by Gasteiger charge is -2.07. The second kappa shape index (κ2) is 58.9.